The second kappa shape index (κ2) is 10.1. The maximum Gasteiger partial charge on any atom is 0.305 e. The molecule has 0 aromatic heterocycles. The van der Waals surface area contributed by atoms with Gasteiger partial charge in [-0.25, -0.2) is 0 Å². The van der Waals surface area contributed by atoms with Crippen LogP contribution in [0.1, 0.15) is 50.5 Å². The van der Waals surface area contributed by atoms with Crippen LogP contribution in [-0.4, -0.2) is 39.2 Å². The first kappa shape index (κ1) is 19.3. The Morgan fingerprint density at radius 1 is 1.16 bits per heavy atom. The summed E-state index contributed by atoms with van der Waals surface area (Å²) >= 11 is 0. The Kier molecular flexibility index (Phi) is 7.76. The van der Waals surface area contributed by atoms with Crippen molar-refractivity contribution < 1.29 is 9.53 Å². The molecular formula is C20H31N3O2. The molecule has 0 aliphatic heterocycles. The number of hydrogen-bond donors (Lipinski definition) is 2. The van der Waals surface area contributed by atoms with E-state index < -0.39 is 0 Å². The van der Waals surface area contributed by atoms with Crippen LogP contribution in [0.25, 0.3) is 0 Å². The average Bonchev–Trinajstić information content (AvgIpc) is 3.14. The zero-order valence-corrected chi connectivity index (χ0v) is 15.5. The monoisotopic (exact) mass is 345 g/mol. The van der Waals surface area contributed by atoms with Crippen LogP contribution in [-0.2, 0) is 14.9 Å². The summed E-state index contributed by atoms with van der Waals surface area (Å²) < 4.78 is 4.65. The van der Waals surface area contributed by atoms with Crippen LogP contribution in [0.4, 0.5) is 0 Å². The van der Waals surface area contributed by atoms with E-state index in [1.165, 1.54) is 38.4 Å². The Morgan fingerprint density at radius 2 is 1.88 bits per heavy atom. The predicted molar refractivity (Wildman–Crippen MR) is 102 cm³/mol. The second-order valence-electron chi connectivity index (χ2n) is 6.74. The van der Waals surface area contributed by atoms with E-state index in [0.717, 1.165) is 31.9 Å². The van der Waals surface area contributed by atoms with Crippen molar-refractivity contribution in [2.45, 2.75) is 50.4 Å². The molecule has 0 radical (unpaired) electrons. The minimum Gasteiger partial charge on any atom is -0.469 e. The molecule has 1 saturated carbocycles. The van der Waals surface area contributed by atoms with Gasteiger partial charge in [0.15, 0.2) is 5.96 Å². The Balaban J connectivity index is 1.80. The van der Waals surface area contributed by atoms with E-state index in [2.05, 4.69) is 50.7 Å². The highest BCUT2D eigenvalue weighted by atomic mass is 16.5. The third kappa shape index (κ3) is 5.76. The Hall–Kier alpha value is -2.04. The molecule has 0 unspecified atom stereocenters. The smallest absolute Gasteiger partial charge is 0.305 e. The molecule has 0 bridgehead atoms. The molecule has 0 heterocycles. The first-order chi connectivity index (χ1) is 12.2. The van der Waals surface area contributed by atoms with Gasteiger partial charge in [-0.1, -0.05) is 43.2 Å². The fraction of sp³-hybridized carbons (Fsp3) is 0.600. The second-order valence-corrected chi connectivity index (χ2v) is 6.74. The van der Waals surface area contributed by atoms with E-state index in [1.807, 2.05) is 0 Å². The molecule has 5 nitrogen and oxygen atoms in total. The number of carbonyl (C=O) groups excluding carboxylic acids is 1. The largest absolute Gasteiger partial charge is 0.469 e. The van der Waals surface area contributed by atoms with Gasteiger partial charge in [-0.2, -0.15) is 0 Å². The molecule has 1 aromatic carbocycles. The summed E-state index contributed by atoms with van der Waals surface area (Å²) in [5.74, 6) is 0.689. The maximum atomic E-state index is 11.1. The summed E-state index contributed by atoms with van der Waals surface area (Å²) in [4.78, 5) is 15.4. The van der Waals surface area contributed by atoms with E-state index in [1.54, 1.807) is 7.05 Å². The lowest BCUT2D eigenvalue weighted by Crippen LogP contribution is -2.45. The van der Waals surface area contributed by atoms with Crippen LogP contribution in [0.2, 0.25) is 0 Å². The van der Waals surface area contributed by atoms with Crippen molar-refractivity contribution >= 4 is 11.9 Å². The molecule has 1 aromatic rings. The van der Waals surface area contributed by atoms with E-state index in [4.69, 9.17) is 0 Å². The Morgan fingerprint density at radius 3 is 2.52 bits per heavy atom. The number of guanidine groups is 1. The highest BCUT2D eigenvalue weighted by molar-refractivity contribution is 5.79. The van der Waals surface area contributed by atoms with Crippen molar-refractivity contribution in [3.05, 3.63) is 35.9 Å². The lowest BCUT2D eigenvalue weighted by molar-refractivity contribution is -0.140. The number of methoxy groups -OCH3 is 1. The average molecular weight is 345 g/mol. The molecule has 1 aliphatic rings. The number of rotatable bonds is 8. The lowest BCUT2D eigenvalue weighted by atomic mass is 9.79. The summed E-state index contributed by atoms with van der Waals surface area (Å²) in [6.07, 6.45) is 7.23. The van der Waals surface area contributed by atoms with Crippen molar-refractivity contribution in [2.75, 3.05) is 27.2 Å². The van der Waals surface area contributed by atoms with Gasteiger partial charge in [-0.15, -0.1) is 0 Å². The van der Waals surface area contributed by atoms with E-state index >= 15 is 0 Å². The van der Waals surface area contributed by atoms with Crippen molar-refractivity contribution in [1.29, 1.82) is 0 Å². The summed E-state index contributed by atoms with van der Waals surface area (Å²) in [7, 11) is 3.23. The number of unbranched alkanes of at least 4 members (excludes halogenated alkanes) is 1. The van der Waals surface area contributed by atoms with Crippen LogP contribution in [0.15, 0.2) is 35.3 Å². The van der Waals surface area contributed by atoms with Crippen molar-refractivity contribution in [1.82, 2.24) is 10.6 Å². The fourth-order valence-electron chi connectivity index (χ4n) is 3.59. The number of nitrogens with zero attached hydrogens (tertiary/aromatic N) is 1. The molecule has 2 N–H and O–H groups in total. The van der Waals surface area contributed by atoms with Gasteiger partial charge in [0.05, 0.1) is 7.11 Å². The van der Waals surface area contributed by atoms with E-state index in [0.29, 0.717) is 6.42 Å². The SMILES string of the molecule is CN=C(NCCCCC(=O)OC)NCC1(c2ccccc2)CCCC1. The maximum absolute atomic E-state index is 11.1. The molecule has 1 fully saturated rings. The molecule has 5 heteroatoms. The van der Waals surface area contributed by atoms with Crippen LogP contribution in [0, 0.1) is 0 Å². The summed E-state index contributed by atoms with van der Waals surface area (Å²) in [5, 5.41) is 6.85. The molecule has 2 rings (SSSR count). The number of aliphatic imine (C=N–C) groups is 1. The summed E-state index contributed by atoms with van der Waals surface area (Å²) in [6.45, 7) is 1.70. The third-order valence-corrected chi connectivity index (χ3v) is 5.09. The topological polar surface area (TPSA) is 62.7 Å². The molecule has 0 amide bonds. The van der Waals surface area contributed by atoms with Gasteiger partial charge < -0.3 is 15.4 Å². The normalized spacial score (nSPS) is 16.5. The number of hydrogen-bond acceptors (Lipinski definition) is 3. The molecule has 1 aliphatic carbocycles. The molecule has 138 valence electrons. The predicted octanol–water partition coefficient (Wildman–Crippen LogP) is 3.01. The number of esters is 1. The quantitative estimate of drug-likeness (QED) is 0.329. The van der Waals surface area contributed by atoms with Gasteiger partial charge in [0.25, 0.3) is 0 Å². The highest BCUT2D eigenvalue weighted by Crippen LogP contribution is 2.40. The van der Waals surface area contributed by atoms with E-state index in [-0.39, 0.29) is 11.4 Å². The minimum atomic E-state index is -0.145. The third-order valence-electron chi connectivity index (χ3n) is 5.09. The standard InChI is InChI=1S/C20H31N3O2/c1-21-19(22-15-9-6-12-18(24)25-2)23-16-20(13-7-8-14-20)17-10-4-3-5-11-17/h3-5,10-11H,6-9,12-16H2,1-2H3,(H2,21,22,23). The first-order valence-corrected chi connectivity index (χ1v) is 9.27. The van der Waals surface area contributed by atoms with Crippen molar-refractivity contribution in [3.8, 4) is 0 Å². The molecule has 0 spiro atoms. The highest BCUT2D eigenvalue weighted by Gasteiger charge is 2.35. The Bertz CT molecular complexity index is 551. The fourth-order valence-corrected chi connectivity index (χ4v) is 3.59. The molecular weight excluding hydrogens is 314 g/mol. The van der Waals surface area contributed by atoms with Crippen LogP contribution in [0.5, 0.6) is 0 Å². The van der Waals surface area contributed by atoms with Crippen LogP contribution >= 0.6 is 0 Å². The lowest BCUT2D eigenvalue weighted by Gasteiger charge is -2.30. The zero-order chi connectivity index (χ0) is 18.0. The van der Waals surface area contributed by atoms with Crippen LogP contribution in [0.3, 0.4) is 0 Å². The number of nitrogens with one attached hydrogen (secondary N) is 2. The van der Waals surface area contributed by atoms with E-state index in [9.17, 15) is 4.79 Å². The van der Waals surface area contributed by atoms with Gasteiger partial charge in [0.2, 0.25) is 0 Å². The number of carbonyl (C=O) groups is 1. The van der Waals surface area contributed by atoms with Crippen molar-refractivity contribution in [2.24, 2.45) is 4.99 Å². The first-order valence-electron chi connectivity index (χ1n) is 9.27. The number of benzene rings is 1. The van der Waals surface area contributed by atoms with Gasteiger partial charge in [0, 0.05) is 32.0 Å². The molecule has 25 heavy (non-hydrogen) atoms. The van der Waals surface area contributed by atoms with Gasteiger partial charge >= 0.3 is 5.97 Å². The van der Waals surface area contributed by atoms with Gasteiger partial charge in [0.1, 0.15) is 0 Å². The zero-order valence-electron chi connectivity index (χ0n) is 15.5. The van der Waals surface area contributed by atoms with Crippen LogP contribution < -0.4 is 10.6 Å². The Labute approximate surface area is 151 Å². The summed E-state index contributed by atoms with van der Waals surface area (Å²) in [6, 6.07) is 10.8. The van der Waals surface area contributed by atoms with Gasteiger partial charge in [-0.3, -0.25) is 9.79 Å². The van der Waals surface area contributed by atoms with Crippen molar-refractivity contribution in [3.63, 3.8) is 0 Å². The van der Waals surface area contributed by atoms with Gasteiger partial charge in [-0.05, 0) is 31.2 Å². The number of ether oxygens (including phenoxy) is 1. The summed E-state index contributed by atoms with van der Waals surface area (Å²) in [5.41, 5.74) is 1.64. The molecule has 0 saturated heterocycles. The minimum absolute atomic E-state index is 0.145. The molecule has 0 atom stereocenters.